The Kier molecular flexibility index (Phi) is 3.53. The molecule has 2 aromatic rings. The number of nitriles is 1. The normalized spacial score (nSPS) is 10.1. The van der Waals surface area contributed by atoms with Crippen LogP contribution in [0.1, 0.15) is 17.4 Å². The van der Waals surface area contributed by atoms with E-state index < -0.39 is 0 Å². The smallest absolute Gasteiger partial charge is 0.223 e. The van der Waals surface area contributed by atoms with Gasteiger partial charge in [0.05, 0.1) is 0 Å². The monoisotopic (exact) mass is 243 g/mol. The zero-order chi connectivity index (χ0) is 13.0. The number of hydrogen-bond acceptors (Lipinski definition) is 6. The lowest BCUT2D eigenvalue weighted by Crippen LogP contribution is -2.21. The van der Waals surface area contributed by atoms with Crippen LogP contribution in [-0.2, 0) is 6.42 Å². The van der Waals surface area contributed by atoms with Crippen molar-refractivity contribution in [2.24, 2.45) is 0 Å². The second-order valence-corrected chi connectivity index (χ2v) is 3.89. The molecule has 18 heavy (non-hydrogen) atoms. The topological polar surface area (TPSA) is 78.8 Å². The van der Waals surface area contributed by atoms with Crippen molar-refractivity contribution < 1.29 is 4.52 Å². The third kappa shape index (κ3) is 2.83. The van der Waals surface area contributed by atoms with Crippen molar-refractivity contribution in [1.29, 1.82) is 5.26 Å². The first kappa shape index (κ1) is 12.0. The van der Waals surface area contributed by atoms with Gasteiger partial charge in [-0.2, -0.15) is 10.2 Å². The largest absolute Gasteiger partial charge is 0.359 e. The summed E-state index contributed by atoms with van der Waals surface area (Å²) in [5.74, 6) is 2.00. The van der Waals surface area contributed by atoms with Crippen molar-refractivity contribution in [1.82, 2.24) is 15.1 Å². The van der Waals surface area contributed by atoms with Crippen LogP contribution in [0.15, 0.2) is 22.7 Å². The number of hydrogen-bond donors (Lipinski definition) is 0. The van der Waals surface area contributed by atoms with E-state index in [1.807, 2.05) is 30.1 Å². The number of nitrogens with zero attached hydrogens (tertiary/aromatic N) is 5. The molecule has 0 saturated carbocycles. The average Bonchev–Trinajstić information content (AvgIpc) is 2.82. The Hall–Kier alpha value is -2.42. The lowest BCUT2D eigenvalue weighted by molar-refractivity contribution is 0.387. The fourth-order valence-corrected chi connectivity index (χ4v) is 1.52. The van der Waals surface area contributed by atoms with Crippen molar-refractivity contribution in [3.05, 3.63) is 35.6 Å². The van der Waals surface area contributed by atoms with E-state index in [9.17, 15) is 0 Å². The van der Waals surface area contributed by atoms with Crippen LogP contribution in [-0.4, -0.2) is 28.7 Å². The zero-order valence-corrected chi connectivity index (χ0v) is 10.3. The Bertz CT molecular complexity index is 572. The van der Waals surface area contributed by atoms with Gasteiger partial charge in [0.2, 0.25) is 5.89 Å². The van der Waals surface area contributed by atoms with Gasteiger partial charge in [-0.25, -0.2) is 4.98 Å². The predicted octanol–water partition coefficient (Wildman–Crippen LogP) is 1.32. The van der Waals surface area contributed by atoms with Gasteiger partial charge in [-0.15, -0.1) is 0 Å². The second kappa shape index (κ2) is 5.27. The summed E-state index contributed by atoms with van der Waals surface area (Å²) in [6.45, 7) is 2.47. The Labute approximate surface area is 105 Å². The molecule has 0 saturated heterocycles. The van der Waals surface area contributed by atoms with Gasteiger partial charge in [0.15, 0.2) is 5.82 Å². The molecule has 0 unspecified atom stereocenters. The van der Waals surface area contributed by atoms with E-state index in [1.54, 1.807) is 13.0 Å². The van der Waals surface area contributed by atoms with Gasteiger partial charge >= 0.3 is 0 Å². The lowest BCUT2D eigenvalue weighted by Gasteiger charge is -2.16. The summed E-state index contributed by atoms with van der Waals surface area (Å²) in [7, 11) is 1.91. The Morgan fingerprint density at radius 3 is 2.89 bits per heavy atom. The molecule has 0 bridgehead atoms. The number of aromatic nitrogens is 3. The summed E-state index contributed by atoms with van der Waals surface area (Å²) < 4.78 is 4.90. The number of aryl methyl sites for hydroxylation is 1. The van der Waals surface area contributed by atoms with Crippen LogP contribution in [0.5, 0.6) is 0 Å². The summed E-state index contributed by atoms with van der Waals surface area (Å²) >= 11 is 0. The molecule has 6 nitrogen and oxygen atoms in total. The Balaban J connectivity index is 1.99. The minimum atomic E-state index is 0.412. The van der Waals surface area contributed by atoms with E-state index in [1.165, 1.54) is 0 Å². The van der Waals surface area contributed by atoms with Crippen molar-refractivity contribution in [2.75, 3.05) is 18.5 Å². The quantitative estimate of drug-likeness (QED) is 0.805. The molecule has 0 radical (unpaired) electrons. The molecule has 0 aliphatic carbocycles. The summed E-state index contributed by atoms with van der Waals surface area (Å²) in [6, 6.07) is 7.38. The minimum absolute atomic E-state index is 0.412. The molecule has 0 amide bonds. The Morgan fingerprint density at radius 2 is 2.22 bits per heavy atom. The maximum atomic E-state index is 8.79. The number of likely N-dealkylation sites (N-methyl/N-ethyl adjacent to an activating group) is 1. The molecule has 0 fully saturated rings. The summed E-state index contributed by atoms with van der Waals surface area (Å²) in [4.78, 5) is 10.3. The first-order chi connectivity index (χ1) is 8.69. The van der Waals surface area contributed by atoms with Gasteiger partial charge in [-0.05, 0) is 12.1 Å². The highest BCUT2D eigenvalue weighted by Crippen LogP contribution is 2.09. The molecule has 2 heterocycles. The maximum Gasteiger partial charge on any atom is 0.223 e. The molecule has 0 aromatic carbocycles. The first-order valence-electron chi connectivity index (χ1n) is 5.56. The van der Waals surface area contributed by atoms with E-state index in [0.717, 1.165) is 5.82 Å². The molecule has 6 heteroatoms. The Morgan fingerprint density at radius 1 is 1.39 bits per heavy atom. The first-order valence-corrected chi connectivity index (χ1v) is 5.56. The van der Waals surface area contributed by atoms with Crippen LogP contribution in [0.4, 0.5) is 5.82 Å². The molecular weight excluding hydrogens is 230 g/mol. The predicted molar refractivity (Wildman–Crippen MR) is 65.0 cm³/mol. The molecule has 0 N–H and O–H groups in total. The summed E-state index contributed by atoms with van der Waals surface area (Å²) in [6.07, 6.45) is 0.673. The number of anilines is 1. The molecule has 0 spiro atoms. The third-order valence-electron chi connectivity index (χ3n) is 2.48. The number of rotatable bonds is 4. The standard InChI is InChI=1S/C12H13N5O/c1-9-14-11(16-18-9)6-7-17(2)12-5-3-4-10(8-13)15-12/h3-5H,6-7H2,1-2H3. The van der Waals surface area contributed by atoms with Gasteiger partial charge in [0, 0.05) is 26.9 Å². The zero-order valence-electron chi connectivity index (χ0n) is 10.3. The molecule has 0 atom stereocenters. The van der Waals surface area contributed by atoms with Gasteiger partial charge in [0.1, 0.15) is 17.6 Å². The van der Waals surface area contributed by atoms with Crippen LogP contribution < -0.4 is 4.90 Å². The maximum absolute atomic E-state index is 8.79. The minimum Gasteiger partial charge on any atom is -0.359 e. The van der Waals surface area contributed by atoms with Crippen LogP contribution in [0.2, 0.25) is 0 Å². The average molecular weight is 243 g/mol. The van der Waals surface area contributed by atoms with Crippen LogP contribution >= 0.6 is 0 Å². The molecule has 2 rings (SSSR count). The van der Waals surface area contributed by atoms with Crippen molar-refractivity contribution in [2.45, 2.75) is 13.3 Å². The van der Waals surface area contributed by atoms with Crippen LogP contribution in [0.3, 0.4) is 0 Å². The third-order valence-corrected chi connectivity index (χ3v) is 2.48. The van der Waals surface area contributed by atoms with Gasteiger partial charge < -0.3 is 9.42 Å². The highest BCUT2D eigenvalue weighted by Gasteiger charge is 2.07. The molecule has 0 aliphatic heterocycles. The van der Waals surface area contributed by atoms with Crippen molar-refractivity contribution >= 4 is 5.82 Å². The van der Waals surface area contributed by atoms with Crippen LogP contribution in [0.25, 0.3) is 0 Å². The highest BCUT2D eigenvalue weighted by molar-refractivity contribution is 5.40. The van der Waals surface area contributed by atoms with Crippen LogP contribution in [0, 0.1) is 18.3 Å². The fourth-order valence-electron chi connectivity index (χ4n) is 1.52. The summed E-state index contributed by atoms with van der Waals surface area (Å²) in [5, 5.41) is 12.6. The fraction of sp³-hybridized carbons (Fsp3) is 0.333. The van der Waals surface area contributed by atoms with E-state index in [0.29, 0.717) is 30.4 Å². The molecule has 0 aliphatic rings. The van der Waals surface area contributed by atoms with Crippen molar-refractivity contribution in [3.63, 3.8) is 0 Å². The molecular formula is C12H13N5O. The van der Waals surface area contributed by atoms with E-state index in [-0.39, 0.29) is 0 Å². The van der Waals surface area contributed by atoms with Gasteiger partial charge in [-0.1, -0.05) is 11.2 Å². The van der Waals surface area contributed by atoms with E-state index in [4.69, 9.17) is 9.78 Å². The van der Waals surface area contributed by atoms with E-state index >= 15 is 0 Å². The van der Waals surface area contributed by atoms with Gasteiger partial charge in [-0.3, -0.25) is 0 Å². The second-order valence-electron chi connectivity index (χ2n) is 3.89. The van der Waals surface area contributed by atoms with Crippen molar-refractivity contribution in [3.8, 4) is 6.07 Å². The van der Waals surface area contributed by atoms with Gasteiger partial charge in [0.25, 0.3) is 0 Å². The lowest BCUT2D eigenvalue weighted by atomic mass is 10.3. The van der Waals surface area contributed by atoms with E-state index in [2.05, 4.69) is 15.1 Å². The summed E-state index contributed by atoms with van der Waals surface area (Å²) in [5.41, 5.74) is 0.412. The highest BCUT2D eigenvalue weighted by atomic mass is 16.5. The number of pyridine rings is 1. The SMILES string of the molecule is Cc1nc(CCN(C)c2cccc(C#N)n2)no1. The molecule has 92 valence electrons. The molecule has 2 aromatic heterocycles.